The van der Waals surface area contributed by atoms with E-state index >= 15 is 0 Å². The topological polar surface area (TPSA) is 75.7 Å². The Kier molecular flexibility index (Phi) is 8.19. The van der Waals surface area contributed by atoms with E-state index in [9.17, 15) is 13.2 Å². The Bertz CT molecular complexity index is 1200. The monoisotopic (exact) mass is 556 g/mol. The molecule has 0 saturated carbocycles. The fourth-order valence-corrected chi connectivity index (χ4v) is 4.85. The second-order valence-electron chi connectivity index (χ2n) is 6.75. The Balaban J connectivity index is 1.89. The summed E-state index contributed by atoms with van der Waals surface area (Å²) in [7, 11) is -2.51. The van der Waals surface area contributed by atoms with Crippen molar-refractivity contribution in [1.29, 1.82) is 0 Å². The molecule has 3 aromatic rings. The van der Waals surface area contributed by atoms with Gasteiger partial charge in [-0.2, -0.15) is 4.31 Å². The van der Waals surface area contributed by atoms with Gasteiger partial charge in [0.15, 0.2) is 0 Å². The van der Waals surface area contributed by atoms with Gasteiger partial charge < -0.3 is 10.1 Å². The number of sulfonamides is 1. The molecule has 0 bridgehead atoms. The van der Waals surface area contributed by atoms with Gasteiger partial charge >= 0.3 is 0 Å². The quantitative estimate of drug-likeness (QED) is 0.391. The number of halogens is 3. The van der Waals surface area contributed by atoms with Gasteiger partial charge in [0.2, 0.25) is 15.9 Å². The van der Waals surface area contributed by atoms with E-state index in [1.54, 1.807) is 48.5 Å². The van der Waals surface area contributed by atoms with Crippen LogP contribution < -0.4 is 10.1 Å². The number of carbonyl (C=O) groups is 1. The SMILES string of the molecule is COc1ccc(Cl)cc1NC(=O)CN(Cc1ccc(Cl)cc1)S(=O)(=O)c1ccc(Br)cc1. The van der Waals surface area contributed by atoms with Crippen molar-refractivity contribution in [2.75, 3.05) is 19.0 Å². The molecule has 0 unspecified atom stereocenters. The second-order valence-corrected chi connectivity index (χ2v) is 10.5. The van der Waals surface area contributed by atoms with E-state index < -0.39 is 22.5 Å². The minimum Gasteiger partial charge on any atom is -0.495 e. The van der Waals surface area contributed by atoms with Crippen LogP contribution in [0.2, 0.25) is 10.0 Å². The number of rotatable bonds is 8. The van der Waals surface area contributed by atoms with Crippen LogP contribution in [0.1, 0.15) is 5.56 Å². The molecule has 0 heterocycles. The van der Waals surface area contributed by atoms with Crippen LogP contribution in [0.5, 0.6) is 5.75 Å². The molecule has 3 aromatic carbocycles. The van der Waals surface area contributed by atoms with E-state index in [1.807, 2.05) is 0 Å². The Morgan fingerprint density at radius 2 is 1.62 bits per heavy atom. The van der Waals surface area contributed by atoms with E-state index in [4.69, 9.17) is 27.9 Å². The number of ether oxygens (including phenoxy) is 1. The normalized spacial score (nSPS) is 11.4. The summed E-state index contributed by atoms with van der Waals surface area (Å²) in [5, 5.41) is 3.61. The summed E-state index contributed by atoms with van der Waals surface area (Å²) >= 11 is 15.3. The van der Waals surface area contributed by atoms with E-state index in [-0.39, 0.29) is 11.4 Å². The standard InChI is InChI=1S/C22H19BrCl2N2O4S/c1-31-21-11-8-18(25)12-20(21)26-22(28)14-27(13-15-2-6-17(24)7-3-15)32(29,30)19-9-4-16(23)5-10-19/h2-12H,13-14H2,1H3,(H,26,28). The predicted molar refractivity (Wildman–Crippen MR) is 130 cm³/mol. The lowest BCUT2D eigenvalue weighted by Crippen LogP contribution is -2.37. The average molecular weight is 558 g/mol. The molecule has 10 heteroatoms. The summed E-state index contributed by atoms with van der Waals surface area (Å²) in [6.07, 6.45) is 0. The van der Waals surface area contributed by atoms with E-state index in [1.165, 1.54) is 25.3 Å². The molecular weight excluding hydrogens is 539 g/mol. The third-order valence-electron chi connectivity index (χ3n) is 4.48. The van der Waals surface area contributed by atoms with Crippen LogP contribution in [-0.4, -0.2) is 32.3 Å². The molecule has 1 amide bonds. The summed E-state index contributed by atoms with van der Waals surface area (Å²) in [6, 6.07) is 17.7. The lowest BCUT2D eigenvalue weighted by atomic mass is 10.2. The number of nitrogens with zero attached hydrogens (tertiary/aromatic N) is 1. The molecule has 0 saturated heterocycles. The number of amides is 1. The van der Waals surface area contributed by atoms with Gasteiger partial charge in [-0.15, -0.1) is 0 Å². The molecule has 0 spiro atoms. The van der Waals surface area contributed by atoms with Gasteiger partial charge in [-0.05, 0) is 60.2 Å². The molecule has 168 valence electrons. The van der Waals surface area contributed by atoms with Crippen LogP contribution in [0, 0.1) is 0 Å². The molecule has 0 atom stereocenters. The minimum absolute atomic E-state index is 0.0182. The molecule has 6 nitrogen and oxygen atoms in total. The van der Waals surface area contributed by atoms with Crippen LogP contribution in [0.3, 0.4) is 0 Å². The molecule has 0 aliphatic rings. The highest BCUT2D eigenvalue weighted by atomic mass is 79.9. The van der Waals surface area contributed by atoms with Crippen LogP contribution >= 0.6 is 39.1 Å². The van der Waals surface area contributed by atoms with Gasteiger partial charge in [0.25, 0.3) is 0 Å². The molecular formula is C22H19BrCl2N2O4S. The van der Waals surface area contributed by atoms with Gasteiger partial charge in [0.05, 0.1) is 24.2 Å². The predicted octanol–water partition coefficient (Wildman–Crippen LogP) is 5.59. The van der Waals surface area contributed by atoms with Gasteiger partial charge in [0.1, 0.15) is 5.75 Å². The zero-order chi connectivity index (χ0) is 23.3. The van der Waals surface area contributed by atoms with Crippen molar-refractivity contribution in [2.24, 2.45) is 0 Å². The third-order valence-corrected chi connectivity index (χ3v) is 7.30. The van der Waals surface area contributed by atoms with Gasteiger partial charge in [0, 0.05) is 21.1 Å². The summed E-state index contributed by atoms with van der Waals surface area (Å²) in [5.41, 5.74) is 1.03. The average Bonchev–Trinajstić information content (AvgIpc) is 2.75. The Labute approximate surface area is 205 Å². The highest BCUT2D eigenvalue weighted by Gasteiger charge is 2.27. The minimum atomic E-state index is -3.98. The molecule has 0 aliphatic heterocycles. The molecule has 0 fully saturated rings. The first-order valence-electron chi connectivity index (χ1n) is 9.32. The maximum Gasteiger partial charge on any atom is 0.243 e. The van der Waals surface area contributed by atoms with Gasteiger partial charge in [-0.1, -0.05) is 51.3 Å². The first-order chi connectivity index (χ1) is 15.2. The fourth-order valence-electron chi connectivity index (χ4n) is 2.90. The number of nitrogens with one attached hydrogen (secondary N) is 1. The van der Waals surface area contributed by atoms with Gasteiger partial charge in [-0.3, -0.25) is 4.79 Å². The third kappa shape index (κ3) is 6.24. The van der Waals surface area contributed by atoms with Crippen LogP contribution in [0.15, 0.2) is 76.1 Å². The molecule has 0 aliphatic carbocycles. The lowest BCUT2D eigenvalue weighted by Gasteiger charge is -2.22. The molecule has 32 heavy (non-hydrogen) atoms. The van der Waals surface area contributed by atoms with Gasteiger partial charge in [-0.25, -0.2) is 8.42 Å². The molecule has 1 N–H and O–H groups in total. The molecule has 3 rings (SSSR count). The van der Waals surface area contributed by atoms with Crippen LogP contribution in [0.4, 0.5) is 5.69 Å². The summed E-state index contributed by atoms with van der Waals surface area (Å²) < 4.78 is 33.8. The summed E-state index contributed by atoms with van der Waals surface area (Å²) in [6.45, 7) is -0.438. The van der Waals surface area contributed by atoms with Crippen molar-refractivity contribution >= 4 is 60.7 Å². The number of hydrogen-bond acceptors (Lipinski definition) is 4. The zero-order valence-corrected chi connectivity index (χ0v) is 20.8. The fraction of sp³-hybridized carbons (Fsp3) is 0.136. The van der Waals surface area contributed by atoms with Crippen molar-refractivity contribution < 1.29 is 17.9 Å². The van der Waals surface area contributed by atoms with E-state index in [2.05, 4.69) is 21.2 Å². The van der Waals surface area contributed by atoms with Crippen molar-refractivity contribution in [3.63, 3.8) is 0 Å². The highest BCUT2D eigenvalue weighted by molar-refractivity contribution is 9.10. The molecule has 0 radical (unpaired) electrons. The Morgan fingerprint density at radius 3 is 2.25 bits per heavy atom. The summed E-state index contributed by atoms with van der Waals surface area (Å²) in [5.74, 6) is -0.136. The number of methoxy groups -OCH3 is 1. The Hall–Kier alpha value is -2.10. The first kappa shape index (κ1) is 24.5. The highest BCUT2D eigenvalue weighted by Crippen LogP contribution is 2.28. The number of carbonyl (C=O) groups excluding carboxylic acids is 1. The number of anilines is 1. The van der Waals surface area contributed by atoms with E-state index in [0.29, 0.717) is 27.0 Å². The lowest BCUT2D eigenvalue weighted by molar-refractivity contribution is -0.116. The second kappa shape index (κ2) is 10.7. The Morgan fingerprint density at radius 1 is 1.00 bits per heavy atom. The van der Waals surface area contributed by atoms with Crippen molar-refractivity contribution in [3.05, 3.63) is 86.8 Å². The smallest absolute Gasteiger partial charge is 0.243 e. The number of hydrogen-bond donors (Lipinski definition) is 1. The van der Waals surface area contributed by atoms with E-state index in [0.717, 1.165) is 8.78 Å². The number of benzene rings is 3. The maximum absolute atomic E-state index is 13.3. The van der Waals surface area contributed by atoms with Crippen LogP contribution in [-0.2, 0) is 21.4 Å². The first-order valence-corrected chi connectivity index (χ1v) is 12.3. The molecule has 0 aromatic heterocycles. The summed E-state index contributed by atoms with van der Waals surface area (Å²) in [4.78, 5) is 12.9. The maximum atomic E-state index is 13.3. The van der Waals surface area contributed by atoms with Crippen LogP contribution in [0.25, 0.3) is 0 Å². The van der Waals surface area contributed by atoms with Crippen molar-refractivity contribution in [3.8, 4) is 5.75 Å². The van der Waals surface area contributed by atoms with Crippen molar-refractivity contribution in [1.82, 2.24) is 4.31 Å². The zero-order valence-electron chi connectivity index (χ0n) is 16.9. The van der Waals surface area contributed by atoms with Crippen molar-refractivity contribution in [2.45, 2.75) is 11.4 Å². The largest absolute Gasteiger partial charge is 0.495 e.